The Balaban J connectivity index is 1.59. The van der Waals surface area contributed by atoms with E-state index < -0.39 is 0 Å². The van der Waals surface area contributed by atoms with Crippen molar-refractivity contribution in [3.63, 3.8) is 0 Å². The molecular formula is C16H19ClN4. The molecule has 1 unspecified atom stereocenters. The van der Waals surface area contributed by atoms with Gasteiger partial charge in [0, 0.05) is 42.7 Å². The van der Waals surface area contributed by atoms with E-state index in [1.807, 2.05) is 6.07 Å². The van der Waals surface area contributed by atoms with E-state index in [1.54, 1.807) is 18.6 Å². The Morgan fingerprint density at radius 2 is 2.29 bits per heavy atom. The van der Waals surface area contributed by atoms with Crippen molar-refractivity contribution in [1.82, 2.24) is 9.97 Å². The normalized spacial score (nSPS) is 18.0. The molecule has 21 heavy (non-hydrogen) atoms. The Bertz CT molecular complexity index is 602. The number of rotatable bonds is 4. The van der Waals surface area contributed by atoms with Gasteiger partial charge in [0.25, 0.3) is 0 Å². The molecule has 0 aliphatic carbocycles. The van der Waals surface area contributed by atoms with Gasteiger partial charge < -0.3 is 10.2 Å². The minimum atomic E-state index is 0.616. The molecule has 1 aromatic carbocycles. The van der Waals surface area contributed by atoms with Gasteiger partial charge in [-0.15, -0.1) is 0 Å². The maximum atomic E-state index is 6.12. The molecule has 1 fully saturated rings. The highest BCUT2D eigenvalue weighted by molar-refractivity contribution is 6.30. The van der Waals surface area contributed by atoms with E-state index in [0.717, 1.165) is 30.5 Å². The zero-order valence-corrected chi connectivity index (χ0v) is 12.8. The first kappa shape index (κ1) is 14.1. The number of halogens is 1. The summed E-state index contributed by atoms with van der Waals surface area (Å²) >= 11 is 6.12. The van der Waals surface area contributed by atoms with Crippen molar-refractivity contribution in [3.8, 4) is 0 Å². The summed E-state index contributed by atoms with van der Waals surface area (Å²) in [5.74, 6) is 1.46. The van der Waals surface area contributed by atoms with Gasteiger partial charge in [0.15, 0.2) is 0 Å². The Morgan fingerprint density at radius 1 is 1.38 bits per heavy atom. The number of aromatic nitrogens is 2. The molecule has 1 aliphatic rings. The van der Waals surface area contributed by atoms with E-state index in [9.17, 15) is 0 Å². The lowest BCUT2D eigenvalue weighted by Crippen LogP contribution is -2.23. The molecule has 0 bridgehead atoms. The van der Waals surface area contributed by atoms with Gasteiger partial charge in [-0.2, -0.15) is 0 Å². The van der Waals surface area contributed by atoms with Crippen molar-refractivity contribution in [3.05, 3.63) is 47.4 Å². The van der Waals surface area contributed by atoms with E-state index in [4.69, 9.17) is 11.6 Å². The van der Waals surface area contributed by atoms with Crippen molar-refractivity contribution >= 4 is 23.1 Å². The minimum absolute atomic E-state index is 0.616. The van der Waals surface area contributed by atoms with E-state index in [1.165, 1.54) is 17.7 Å². The maximum absolute atomic E-state index is 6.12. The summed E-state index contributed by atoms with van der Waals surface area (Å²) in [5, 5.41) is 4.16. The fourth-order valence-electron chi connectivity index (χ4n) is 2.78. The lowest BCUT2D eigenvalue weighted by Gasteiger charge is -2.21. The second-order valence-electron chi connectivity index (χ2n) is 5.50. The van der Waals surface area contributed by atoms with Crippen LogP contribution in [-0.2, 0) is 0 Å². The fourth-order valence-corrected chi connectivity index (χ4v) is 2.95. The van der Waals surface area contributed by atoms with Crippen LogP contribution in [0.2, 0.25) is 5.02 Å². The Labute approximate surface area is 130 Å². The van der Waals surface area contributed by atoms with Gasteiger partial charge in [0.2, 0.25) is 0 Å². The Hall–Kier alpha value is -1.81. The molecular weight excluding hydrogens is 284 g/mol. The molecule has 110 valence electrons. The summed E-state index contributed by atoms with van der Waals surface area (Å²) < 4.78 is 0. The number of nitrogens with one attached hydrogen (secondary N) is 1. The lowest BCUT2D eigenvalue weighted by atomic mass is 10.1. The Morgan fingerprint density at radius 3 is 3.10 bits per heavy atom. The molecule has 3 rings (SSSR count). The summed E-state index contributed by atoms with van der Waals surface area (Å²) in [6.07, 6.45) is 6.33. The van der Waals surface area contributed by atoms with E-state index >= 15 is 0 Å². The second kappa shape index (κ2) is 6.31. The predicted octanol–water partition coefficient (Wildman–Crippen LogP) is 3.38. The van der Waals surface area contributed by atoms with Crippen molar-refractivity contribution in [2.75, 3.05) is 29.9 Å². The van der Waals surface area contributed by atoms with Crippen LogP contribution < -0.4 is 10.2 Å². The summed E-state index contributed by atoms with van der Waals surface area (Å²) in [6.45, 7) is 5.19. The van der Waals surface area contributed by atoms with Crippen LogP contribution >= 0.6 is 11.6 Å². The van der Waals surface area contributed by atoms with Gasteiger partial charge in [-0.3, -0.25) is 4.98 Å². The number of nitrogens with zero attached hydrogens (tertiary/aromatic N) is 3. The quantitative estimate of drug-likeness (QED) is 0.940. The van der Waals surface area contributed by atoms with Crippen LogP contribution in [0.3, 0.4) is 0 Å². The molecule has 1 N–H and O–H groups in total. The van der Waals surface area contributed by atoms with Crippen LogP contribution in [0.15, 0.2) is 36.8 Å². The molecule has 2 aromatic rings. The third-order valence-electron chi connectivity index (χ3n) is 3.93. The molecule has 0 saturated carbocycles. The molecule has 1 saturated heterocycles. The van der Waals surface area contributed by atoms with Gasteiger partial charge in [-0.1, -0.05) is 17.7 Å². The van der Waals surface area contributed by atoms with E-state index in [0.29, 0.717) is 5.92 Å². The lowest BCUT2D eigenvalue weighted by molar-refractivity contribution is 0.621. The van der Waals surface area contributed by atoms with Gasteiger partial charge in [0.05, 0.1) is 6.20 Å². The zero-order chi connectivity index (χ0) is 14.7. The SMILES string of the molecule is Cc1ccc(Cl)cc1N1CCC(CNc2cnccn2)C1. The summed E-state index contributed by atoms with van der Waals surface area (Å²) in [6, 6.07) is 6.10. The zero-order valence-electron chi connectivity index (χ0n) is 12.1. The monoisotopic (exact) mass is 302 g/mol. The summed E-state index contributed by atoms with van der Waals surface area (Å²) in [4.78, 5) is 10.7. The van der Waals surface area contributed by atoms with Crippen LogP contribution in [0.25, 0.3) is 0 Å². The van der Waals surface area contributed by atoms with Crippen molar-refractivity contribution < 1.29 is 0 Å². The number of benzene rings is 1. The van der Waals surface area contributed by atoms with Crippen LogP contribution in [0.1, 0.15) is 12.0 Å². The maximum Gasteiger partial charge on any atom is 0.144 e. The third kappa shape index (κ3) is 3.45. The standard InChI is InChI=1S/C16H19ClN4/c1-12-2-3-14(17)8-15(12)21-7-4-13(11-21)9-20-16-10-18-5-6-19-16/h2-3,5-6,8,10,13H,4,7,9,11H2,1H3,(H,19,20). The minimum Gasteiger partial charge on any atom is -0.371 e. The van der Waals surface area contributed by atoms with Gasteiger partial charge >= 0.3 is 0 Å². The first-order valence-electron chi connectivity index (χ1n) is 7.23. The van der Waals surface area contributed by atoms with Gasteiger partial charge in [-0.05, 0) is 37.0 Å². The molecule has 5 heteroatoms. The van der Waals surface area contributed by atoms with Gasteiger partial charge in [0.1, 0.15) is 5.82 Å². The topological polar surface area (TPSA) is 41.0 Å². The highest BCUT2D eigenvalue weighted by atomic mass is 35.5. The molecule has 1 atom stereocenters. The largest absolute Gasteiger partial charge is 0.371 e. The summed E-state index contributed by atoms with van der Waals surface area (Å²) in [5.41, 5.74) is 2.53. The average molecular weight is 303 g/mol. The number of aryl methyl sites for hydroxylation is 1. The van der Waals surface area contributed by atoms with Crippen molar-refractivity contribution in [2.24, 2.45) is 5.92 Å². The van der Waals surface area contributed by atoms with Crippen molar-refractivity contribution in [1.29, 1.82) is 0 Å². The molecule has 1 aliphatic heterocycles. The highest BCUT2D eigenvalue weighted by Crippen LogP contribution is 2.29. The average Bonchev–Trinajstić information content (AvgIpc) is 2.97. The van der Waals surface area contributed by atoms with Crippen LogP contribution in [-0.4, -0.2) is 29.6 Å². The molecule has 1 aromatic heterocycles. The second-order valence-corrected chi connectivity index (χ2v) is 5.94. The summed E-state index contributed by atoms with van der Waals surface area (Å²) in [7, 11) is 0. The molecule has 4 nitrogen and oxygen atoms in total. The van der Waals surface area contributed by atoms with Crippen LogP contribution in [0.4, 0.5) is 11.5 Å². The van der Waals surface area contributed by atoms with Gasteiger partial charge in [-0.25, -0.2) is 4.98 Å². The number of anilines is 2. The first-order valence-corrected chi connectivity index (χ1v) is 7.61. The predicted molar refractivity (Wildman–Crippen MR) is 87.0 cm³/mol. The first-order chi connectivity index (χ1) is 10.2. The number of hydrogen-bond donors (Lipinski definition) is 1. The third-order valence-corrected chi connectivity index (χ3v) is 4.17. The smallest absolute Gasteiger partial charge is 0.144 e. The highest BCUT2D eigenvalue weighted by Gasteiger charge is 2.23. The molecule has 0 amide bonds. The van der Waals surface area contributed by atoms with E-state index in [-0.39, 0.29) is 0 Å². The number of hydrogen-bond acceptors (Lipinski definition) is 4. The fraction of sp³-hybridized carbons (Fsp3) is 0.375. The molecule has 2 heterocycles. The Kier molecular flexibility index (Phi) is 4.25. The van der Waals surface area contributed by atoms with E-state index in [2.05, 4.69) is 39.2 Å². The molecule has 0 spiro atoms. The van der Waals surface area contributed by atoms with Crippen LogP contribution in [0.5, 0.6) is 0 Å². The van der Waals surface area contributed by atoms with Crippen LogP contribution in [0, 0.1) is 12.8 Å². The molecule has 0 radical (unpaired) electrons. The van der Waals surface area contributed by atoms with Crippen molar-refractivity contribution in [2.45, 2.75) is 13.3 Å².